The number of carbonyl (C=O) groups is 4. The van der Waals surface area contributed by atoms with Gasteiger partial charge in [0.25, 0.3) is 5.91 Å². The van der Waals surface area contributed by atoms with Gasteiger partial charge < -0.3 is 20.9 Å². The topological polar surface area (TPSA) is 139 Å². The molecule has 0 spiro atoms. The molecule has 3 aliphatic heterocycles. The molecule has 1 fully saturated rings. The SMILES string of the molecule is CNC(=O)c1ccc(N2C(=O)[C@@H]3[C@H](SC(N)=C4C(=O)Oc5cc(O)ccc5[C@H]43)C2=O)cc1. The summed E-state index contributed by atoms with van der Waals surface area (Å²) < 4.78 is 5.32. The zero-order valence-corrected chi connectivity index (χ0v) is 17.5. The lowest BCUT2D eigenvalue weighted by atomic mass is 9.77. The van der Waals surface area contributed by atoms with Crippen molar-refractivity contribution in [1.82, 2.24) is 5.32 Å². The standard InChI is InChI=1S/C22H17N3O6S/c1-24-19(27)9-2-4-10(5-3-9)25-20(28)15-14-12-7-6-11(26)8-13(12)31-22(30)16(14)18(23)32-17(15)21(25)29/h2-8,14-15,17,26H,23H2,1H3,(H,24,27)/t14-,15-,17-/m0/s1. The van der Waals surface area contributed by atoms with Crippen LogP contribution in [0, 0.1) is 5.92 Å². The Morgan fingerprint density at radius 1 is 1.12 bits per heavy atom. The number of carbonyl (C=O) groups excluding carboxylic acids is 4. The number of phenols is 1. The van der Waals surface area contributed by atoms with E-state index in [0.29, 0.717) is 16.8 Å². The highest BCUT2D eigenvalue weighted by molar-refractivity contribution is 8.04. The van der Waals surface area contributed by atoms with Crippen molar-refractivity contribution in [2.24, 2.45) is 11.7 Å². The first-order valence-electron chi connectivity index (χ1n) is 9.73. The van der Waals surface area contributed by atoms with Gasteiger partial charge in [-0.3, -0.25) is 14.4 Å². The van der Waals surface area contributed by atoms with E-state index >= 15 is 0 Å². The van der Waals surface area contributed by atoms with E-state index in [1.165, 1.54) is 43.4 Å². The highest BCUT2D eigenvalue weighted by Crippen LogP contribution is 2.54. The zero-order chi connectivity index (χ0) is 22.7. The van der Waals surface area contributed by atoms with E-state index < -0.39 is 34.9 Å². The molecule has 3 amide bonds. The number of nitrogens with zero attached hydrogens (tertiary/aromatic N) is 1. The second-order valence-corrected chi connectivity index (χ2v) is 8.75. The highest BCUT2D eigenvalue weighted by Gasteiger charge is 2.58. The van der Waals surface area contributed by atoms with Gasteiger partial charge in [0.05, 0.1) is 22.2 Å². The molecule has 0 aromatic heterocycles. The maximum Gasteiger partial charge on any atom is 0.342 e. The van der Waals surface area contributed by atoms with E-state index in [2.05, 4.69) is 5.32 Å². The maximum absolute atomic E-state index is 13.5. The number of anilines is 1. The molecule has 1 saturated heterocycles. The molecule has 5 rings (SSSR count). The lowest BCUT2D eigenvalue weighted by molar-refractivity contribution is -0.131. The van der Waals surface area contributed by atoms with E-state index in [-0.39, 0.29) is 28.0 Å². The molecule has 3 atom stereocenters. The van der Waals surface area contributed by atoms with E-state index in [4.69, 9.17) is 10.5 Å². The molecule has 2 aromatic carbocycles. The van der Waals surface area contributed by atoms with Crippen molar-refractivity contribution in [3.05, 3.63) is 64.2 Å². The first-order chi connectivity index (χ1) is 15.3. The zero-order valence-electron chi connectivity index (χ0n) is 16.7. The molecule has 3 aliphatic rings. The number of rotatable bonds is 2. The minimum Gasteiger partial charge on any atom is -0.508 e. The van der Waals surface area contributed by atoms with Crippen molar-refractivity contribution in [1.29, 1.82) is 0 Å². The Balaban J connectivity index is 1.58. The van der Waals surface area contributed by atoms with Gasteiger partial charge in [-0.15, -0.1) is 0 Å². The van der Waals surface area contributed by atoms with Crippen LogP contribution in [-0.4, -0.2) is 41.1 Å². The van der Waals surface area contributed by atoms with Crippen LogP contribution in [0.2, 0.25) is 0 Å². The molecule has 0 unspecified atom stereocenters. The molecule has 3 heterocycles. The number of benzene rings is 2. The number of hydrogen-bond acceptors (Lipinski definition) is 8. The largest absolute Gasteiger partial charge is 0.508 e. The van der Waals surface area contributed by atoms with Crippen LogP contribution in [0.3, 0.4) is 0 Å². The summed E-state index contributed by atoms with van der Waals surface area (Å²) >= 11 is 0.977. The second-order valence-electron chi connectivity index (χ2n) is 7.57. The van der Waals surface area contributed by atoms with Crippen LogP contribution < -0.4 is 20.7 Å². The number of thioether (sulfide) groups is 1. The predicted octanol–water partition coefficient (Wildman–Crippen LogP) is 1.23. The van der Waals surface area contributed by atoms with E-state index in [0.717, 1.165) is 16.7 Å². The van der Waals surface area contributed by atoms with Gasteiger partial charge in [0.2, 0.25) is 11.8 Å². The summed E-state index contributed by atoms with van der Waals surface area (Å²) in [5.41, 5.74) is 7.52. The quantitative estimate of drug-likeness (QED) is 0.352. The molecule has 9 nitrogen and oxygen atoms in total. The predicted molar refractivity (Wildman–Crippen MR) is 115 cm³/mol. The van der Waals surface area contributed by atoms with Crippen LogP contribution in [0.15, 0.2) is 53.1 Å². The number of imide groups is 1. The van der Waals surface area contributed by atoms with Crippen molar-refractivity contribution >= 4 is 41.1 Å². The van der Waals surface area contributed by atoms with Gasteiger partial charge in [0.1, 0.15) is 16.7 Å². The van der Waals surface area contributed by atoms with Gasteiger partial charge in [-0.05, 0) is 30.3 Å². The molecule has 10 heteroatoms. The number of fused-ring (bicyclic) bond motifs is 5. The molecule has 162 valence electrons. The number of nitrogens with one attached hydrogen (secondary N) is 1. The molecule has 0 radical (unpaired) electrons. The summed E-state index contributed by atoms with van der Waals surface area (Å²) in [5.74, 6) is -3.51. The van der Waals surface area contributed by atoms with Crippen molar-refractivity contribution in [2.75, 3.05) is 11.9 Å². The van der Waals surface area contributed by atoms with Gasteiger partial charge in [0, 0.05) is 30.2 Å². The average molecular weight is 451 g/mol. The minimum atomic E-state index is -0.871. The lowest BCUT2D eigenvalue weighted by Crippen LogP contribution is -2.39. The average Bonchev–Trinajstić information content (AvgIpc) is 3.02. The highest BCUT2D eigenvalue weighted by atomic mass is 32.2. The van der Waals surface area contributed by atoms with Gasteiger partial charge >= 0.3 is 5.97 Å². The van der Waals surface area contributed by atoms with Crippen LogP contribution in [0.4, 0.5) is 5.69 Å². The second kappa shape index (κ2) is 7.13. The molecular formula is C22H17N3O6S. The Labute approximate surface area is 186 Å². The number of hydrogen-bond donors (Lipinski definition) is 3. The molecule has 4 N–H and O–H groups in total. The molecule has 0 bridgehead atoms. The Bertz CT molecular complexity index is 1240. The number of phenolic OH excluding ortho intramolecular Hbond substituents is 1. The monoisotopic (exact) mass is 451 g/mol. The van der Waals surface area contributed by atoms with Crippen molar-refractivity contribution in [3.8, 4) is 11.5 Å². The van der Waals surface area contributed by atoms with Gasteiger partial charge in [-0.25, -0.2) is 9.69 Å². The smallest absolute Gasteiger partial charge is 0.342 e. The third-order valence-electron chi connectivity index (χ3n) is 5.85. The third-order valence-corrected chi connectivity index (χ3v) is 7.08. The maximum atomic E-state index is 13.5. The lowest BCUT2D eigenvalue weighted by Gasteiger charge is -2.36. The summed E-state index contributed by atoms with van der Waals surface area (Å²) in [6.07, 6.45) is 0. The van der Waals surface area contributed by atoms with Crippen LogP contribution in [0.5, 0.6) is 11.5 Å². The molecule has 0 aliphatic carbocycles. The summed E-state index contributed by atoms with van der Waals surface area (Å²) in [6, 6.07) is 10.4. The van der Waals surface area contributed by atoms with Crippen molar-refractivity contribution < 1.29 is 29.0 Å². The van der Waals surface area contributed by atoms with Crippen LogP contribution in [0.1, 0.15) is 21.8 Å². The summed E-state index contributed by atoms with van der Waals surface area (Å²) in [6.45, 7) is 0. The molecule has 2 aromatic rings. The number of amides is 3. The third kappa shape index (κ3) is 2.79. The minimum absolute atomic E-state index is 0.0923. The Hall–Kier alpha value is -3.79. The summed E-state index contributed by atoms with van der Waals surface area (Å²) in [7, 11) is 1.51. The summed E-state index contributed by atoms with van der Waals surface area (Å²) in [5, 5.41) is 11.6. The Morgan fingerprint density at radius 2 is 1.84 bits per heavy atom. The summed E-state index contributed by atoms with van der Waals surface area (Å²) in [4.78, 5) is 52.3. The van der Waals surface area contributed by atoms with Crippen LogP contribution >= 0.6 is 11.8 Å². The fraction of sp³-hybridized carbons (Fsp3) is 0.182. The fourth-order valence-corrected chi connectivity index (χ4v) is 5.64. The molecule has 0 saturated carbocycles. The number of esters is 1. The first kappa shape index (κ1) is 20.1. The van der Waals surface area contributed by atoms with E-state index in [1.54, 1.807) is 6.07 Å². The number of aromatic hydroxyl groups is 1. The van der Waals surface area contributed by atoms with Crippen LogP contribution in [-0.2, 0) is 14.4 Å². The van der Waals surface area contributed by atoms with E-state index in [9.17, 15) is 24.3 Å². The van der Waals surface area contributed by atoms with Gasteiger partial charge in [-0.1, -0.05) is 17.8 Å². The van der Waals surface area contributed by atoms with Crippen LogP contribution in [0.25, 0.3) is 0 Å². The molecule has 32 heavy (non-hydrogen) atoms. The Kier molecular flexibility index (Phi) is 4.48. The normalized spacial score (nSPS) is 24.0. The van der Waals surface area contributed by atoms with Gasteiger partial charge in [-0.2, -0.15) is 0 Å². The Morgan fingerprint density at radius 3 is 2.53 bits per heavy atom. The van der Waals surface area contributed by atoms with Crippen molar-refractivity contribution in [3.63, 3.8) is 0 Å². The first-order valence-corrected chi connectivity index (χ1v) is 10.6. The van der Waals surface area contributed by atoms with Gasteiger partial charge in [0.15, 0.2) is 0 Å². The number of nitrogens with two attached hydrogens (primary N) is 1. The van der Waals surface area contributed by atoms with E-state index in [1.807, 2.05) is 0 Å². The molecular weight excluding hydrogens is 434 g/mol. The fourth-order valence-electron chi connectivity index (χ4n) is 4.40. The number of ether oxygens (including phenoxy) is 1. The van der Waals surface area contributed by atoms with Crippen molar-refractivity contribution in [2.45, 2.75) is 11.2 Å².